The molecule has 2 atom stereocenters. The number of carbonyl (C=O) groups is 2. The summed E-state index contributed by atoms with van der Waals surface area (Å²) in [5.41, 5.74) is 3.71. The van der Waals surface area contributed by atoms with Crippen LogP contribution in [0.15, 0.2) is 47.4 Å². The van der Waals surface area contributed by atoms with E-state index in [4.69, 9.17) is 21.3 Å². The van der Waals surface area contributed by atoms with Crippen molar-refractivity contribution in [2.45, 2.75) is 32.5 Å². The summed E-state index contributed by atoms with van der Waals surface area (Å²) in [6.07, 6.45) is 6.86. The highest BCUT2D eigenvalue weighted by molar-refractivity contribution is 8.18. The molecule has 7 heteroatoms. The summed E-state index contributed by atoms with van der Waals surface area (Å²) < 4.78 is 11.0. The predicted molar refractivity (Wildman–Crippen MR) is 118 cm³/mol. The van der Waals surface area contributed by atoms with E-state index in [0.29, 0.717) is 23.6 Å². The Labute approximate surface area is 176 Å². The number of fused-ring (bicyclic) bond motifs is 5. The van der Waals surface area contributed by atoms with Crippen molar-refractivity contribution in [1.29, 1.82) is 0 Å². The summed E-state index contributed by atoms with van der Waals surface area (Å²) in [6.45, 7) is 6.10. The van der Waals surface area contributed by atoms with Crippen molar-refractivity contribution in [3.63, 3.8) is 0 Å². The maximum atomic E-state index is 13.5. The van der Waals surface area contributed by atoms with E-state index in [0.717, 1.165) is 16.7 Å². The monoisotopic (exact) mass is 429 g/mol. The van der Waals surface area contributed by atoms with Crippen molar-refractivity contribution in [2.75, 3.05) is 19.4 Å². The lowest BCUT2D eigenvalue weighted by molar-refractivity contribution is -0.149. The van der Waals surface area contributed by atoms with Gasteiger partial charge in [0.05, 0.1) is 24.2 Å². The van der Waals surface area contributed by atoms with E-state index in [2.05, 4.69) is 6.08 Å². The van der Waals surface area contributed by atoms with Crippen LogP contribution in [0.4, 0.5) is 0 Å². The zero-order valence-electron chi connectivity index (χ0n) is 16.8. The second-order valence-corrected chi connectivity index (χ2v) is 12.2. The predicted octanol–water partition coefficient (Wildman–Crippen LogP) is 4.31. The van der Waals surface area contributed by atoms with Gasteiger partial charge in [0.15, 0.2) is 5.28 Å². The molecule has 5 nitrogen and oxygen atoms in total. The largest absolute Gasteiger partial charge is 0.464 e. The Bertz CT molecular complexity index is 1040. The minimum Gasteiger partial charge on any atom is -0.464 e. The summed E-state index contributed by atoms with van der Waals surface area (Å²) >= 11 is 6.31. The second kappa shape index (κ2) is 7.26. The molecule has 29 heavy (non-hydrogen) atoms. The average Bonchev–Trinajstić information content (AvgIpc) is 2.93. The lowest BCUT2D eigenvalue weighted by atomic mass is 9.97. The molecule has 0 aliphatic carbocycles. The van der Waals surface area contributed by atoms with Crippen LogP contribution in [0.1, 0.15) is 38.3 Å². The minimum absolute atomic E-state index is 0.254. The van der Waals surface area contributed by atoms with E-state index in [1.807, 2.05) is 48.4 Å². The molecule has 1 aromatic carbocycles. The number of benzene rings is 1. The van der Waals surface area contributed by atoms with Crippen molar-refractivity contribution >= 4 is 41.6 Å². The number of ether oxygens (including phenoxy) is 2. The summed E-state index contributed by atoms with van der Waals surface area (Å²) in [5, 5.41) is -0.592. The summed E-state index contributed by atoms with van der Waals surface area (Å²) in [7, 11) is 0. The van der Waals surface area contributed by atoms with Crippen LogP contribution in [-0.4, -0.2) is 41.5 Å². The number of hydrogen-bond donors (Lipinski definition) is 0. The van der Waals surface area contributed by atoms with Gasteiger partial charge in [-0.15, -0.1) is 0 Å². The van der Waals surface area contributed by atoms with Gasteiger partial charge < -0.3 is 14.4 Å². The van der Waals surface area contributed by atoms with Crippen molar-refractivity contribution in [3.05, 3.63) is 58.6 Å². The summed E-state index contributed by atoms with van der Waals surface area (Å²) in [6, 6.07) is 5.12. The van der Waals surface area contributed by atoms with Gasteiger partial charge in [-0.1, -0.05) is 47.7 Å². The Kier molecular flexibility index (Phi) is 5.04. The molecule has 2 unspecified atom stereocenters. The summed E-state index contributed by atoms with van der Waals surface area (Å²) in [4.78, 5) is 28.6. The highest BCUT2D eigenvalue weighted by atomic mass is 32.4. The van der Waals surface area contributed by atoms with Crippen molar-refractivity contribution in [3.8, 4) is 0 Å². The molecule has 0 saturated carbocycles. The first-order valence-electron chi connectivity index (χ1n) is 9.81. The number of carbonyl (C=O) groups excluding carboxylic acids is 2. The normalized spacial score (nSPS) is 27.0. The van der Waals surface area contributed by atoms with Gasteiger partial charge in [-0.2, -0.15) is 0 Å². The minimum atomic E-state index is -2.73. The number of esters is 2. The van der Waals surface area contributed by atoms with E-state index in [1.165, 1.54) is 0 Å². The van der Waals surface area contributed by atoms with Gasteiger partial charge in [0.2, 0.25) is 0 Å². The zero-order chi connectivity index (χ0) is 20.8. The molecule has 0 fully saturated rings. The molecule has 0 N–H and O–H groups in total. The van der Waals surface area contributed by atoms with Crippen LogP contribution in [0.5, 0.6) is 0 Å². The van der Waals surface area contributed by atoms with Gasteiger partial charge in [0, 0.05) is 30.4 Å². The molecule has 3 aliphatic heterocycles. The Morgan fingerprint density at radius 3 is 2.66 bits per heavy atom. The van der Waals surface area contributed by atoms with E-state index in [1.54, 1.807) is 13.8 Å². The molecule has 1 aromatic rings. The molecule has 152 valence electrons. The van der Waals surface area contributed by atoms with Crippen LogP contribution in [-0.2, 0) is 30.9 Å². The van der Waals surface area contributed by atoms with Gasteiger partial charge in [0.25, 0.3) is 0 Å². The highest BCUT2D eigenvalue weighted by Gasteiger charge is 2.65. The average molecular weight is 429 g/mol. The molecule has 0 aromatic heterocycles. The van der Waals surface area contributed by atoms with E-state index < -0.39 is 17.3 Å². The quantitative estimate of drug-likeness (QED) is 0.404. The SMILES string of the molecule is CCOC(=O)C1=C2c3ccccc3C=CN2C2(C(=O)OCC)CC=C(C)CP12=S. The number of allylic oxidation sites excluding steroid dienone is 1. The molecule has 0 bridgehead atoms. The Morgan fingerprint density at radius 1 is 1.21 bits per heavy atom. The van der Waals surface area contributed by atoms with Gasteiger partial charge in [-0.25, -0.2) is 9.59 Å². The molecule has 0 radical (unpaired) electrons. The van der Waals surface area contributed by atoms with Crippen LogP contribution in [0.25, 0.3) is 11.8 Å². The molecule has 4 rings (SSSR count). The molecular formula is C22H24NO4PS. The summed E-state index contributed by atoms with van der Waals surface area (Å²) in [5.74, 6) is -0.769. The molecular weight excluding hydrogens is 405 g/mol. The maximum Gasteiger partial charge on any atom is 0.341 e. The van der Waals surface area contributed by atoms with E-state index >= 15 is 0 Å². The van der Waals surface area contributed by atoms with Crippen LogP contribution in [0.2, 0.25) is 0 Å². The maximum absolute atomic E-state index is 13.5. The topological polar surface area (TPSA) is 55.8 Å². The first kappa shape index (κ1) is 20.1. The van der Waals surface area contributed by atoms with E-state index in [-0.39, 0.29) is 19.2 Å². The lowest BCUT2D eigenvalue weighted by Gasteiger charge is -2.45. The van der Waals surface area contributed by atoms with Crippen molar-refractivity contribution in [2.24, 2.45) is 0 Å². The van der Waals surface area contributed by atoms with Crippen LogP contribution in [0, 0.1) is 0 Å². The van der Waals surface area contributed by atoms with Gasteiger partial charge in [-0.3, -0.25) is 0 Å². The van der Waals surface area contributed by atoms with Gasteiger partial charge in [-0.05, 0) is 32.4 Å². The fourth-order valence-electron chi connectivity index (χ4n) is 4.50. The highest BCUT2D eigenvalue weighted by Crippen LogP contribution is 2.77. The van der Waals surface area contributed by atoms with Crippen LogP contribution in [0.3, 0.4) is 0 Å². The fraction of sp³-hybridized carbons (Fsp3) is 0.364. The van der Waals surface area contributed by atoms with Crippen molar-refractivity contribution < 1.29 is 19.1 Å². The third-order valence-electron chi connectivity index (χ3n) is 5.72. The Hall–Kier alpha value is -2.17. The third kappa shape index (κ3) is 2.69. The molecule has 0 saturated heterocycles. The molecule has 0 amide bonds. The van der Waals surface area contributed by atoms with Gasteiger partial charge >= 0.3 is 11.9 Å². The van der Waals surface area contributed by atoms with Crippen molar-refractivity contribution in [1.82, 2.24) is 4.90 Å². The standard InChI is InChI=1S/C22H24NO4PS/c1-4-26-20(24)19-18-17-9-7-6-8-16(17)11-13-23(18)22(21(25)27-5-2)12-10-15(3)14-28(19,22)29/h6-11,13H,4-5,12,14H2,1-3H3. The second-order valence-electron chi connectivity index (χ2n) is 7.38. The smallest absolute Gasteiger partial charge is 0.341 e. The van der Waals surface area contributed by atoms with Crippen LogP contribution < -0.4 is 0 Å². The fourth-order valence-corrected chi connectivity index (χ4v) is 10.1. The zero-order valence-corrected chi connectivity index (χ0v) is 18.5. The third-order valence-corrected chi connectivity index (χ3v) is 11.4. The number of nitrogens with zero attached hydrogens (tertiary/aromatic N) is 1. The van der Waals surface area contributed by atoms with Gasteiger partial charge in [0.1, 0.15) is 0 Å². The first-order valence-corrected chi connectivity index (χ1v) is 12.8. The first-order chi connectivity index (χ1) is 13.9. The molecule has 3 aliphatic rings. The lowest BCUT2D eigenvalue weighted by Crippen LogP contribution is -2.50. The number of hydrogen-bond acceptors (Lipinski definition) is 6. The Balaban J connectivity index is 2.06. The number of rotatable bonds is 4. The van der Waals surface area contributed by atoms with Crippen LogP contribution >= 0.6 is 6.04 Å². The molecule has 0 spiro atoms. The Morgan fingerprint density at radius 2 is 1.93 bits per heavy atom. The molecule has 3 heterocycles. The van der Waals surface area contributed by atoms with E-state index in [9.17, 15) is 9.59 Å².